The van der Waals surface area contributed by atoms with Crippen LogP contribution in [0.15, 0.2) is 0 Å². The molecule has 0 amide bonds. The van der Waals surface area contributed by atoms with Gasteiger partial charge in [-0.2, -0.15) is 11.8 Å². The van der Waals surface area contributed by atoms with Crippen LogP contribution in [-0.4, -0.2) is 24.2 Å². The van der Waals surface area contributed by atoms with Crippen molar-refractivity contribution in [2.24, 2.45) is 0 Å². The van der Waals surface area contributed by atoms with Gasteiger partial charge in [0.15, 0.2) is 0 Å². The highest BCUT2D eigenvalue weighted by molar-refractivity contribution is 7.99. The van der Waals surface area contributed by atoms with Gasteiger partial charge in [0.05, 0.1) is 6.10 Å². The zero-order chi connectivity index (χ0) is 10.6. The maximum absolute atomic E-state index is 5.61. The van der Waals surface area contributed by atoms with Gasteiger partial charge in [-0.3, -0.25) is 0 Å². The maximum atomic E-state index is 5.61. The first-order chi connectivity index (χ1) is 6.85. The van der Waals surface area contributed by atoms with Gasteiger partial charge < -0.3 is 4.74 Å². The molecule has 0 bridgehead atoms. The summed E-state index contributed by atoms with van der Waals surface area (Å²) in [6.07, 6.45) is 6.91. The van der Waals surface area contributed by atoms with Crippen molar-refractivity contribution in [3.63, 3.8) is 0 Å². The highest BCUT2D eigenvalue weighted by Crippen LogP contribution is 2.12. The van der Waals surface area contributed by atoms with Crippen LogP contribution in [0.1, 0.15) is 52.9 Å². The van der Waals surface area contributed by atoms with Crippen molar-refractivity contribution in [3.05, 3.63) is 0 Å². The van der Waals surface area contributed by atoms with Crippen molar-refractivity contribution in [2.45, 2.75) is 59.0 Å². The molecular weight excluding hydrogens is 192 g/mol. The quantitative estimate of drug-likeness (QED) is 0.510. The van der Waals surface area contributed by atoms with Gasteiger partial charge in [-0.1, -0.05) is 20.3 Å². The van der Waals surface area contributed by atoms with Crippen molar-refractivity contribution < 1.29 is 4.74 Å². The molecule has 0 radical (unpaired) electrons. The van der Waals surface area contributed by atoms with Gasteiger partial charge >= 0.3 is 0 Å². The molecule has 0 spiro atoms. The van der Waals surface area contributed by atoms with Crippen LogP contribution in [-0.2, 0) is 4.74 Å². The molecule has 0 fully saturated rings. The molecule has 0 aromatic carbocycles. The van der Waals surface area contributed by atoms with Crippen LogP contribution in [0.5, 0.6) is 0 Å². The first-order valence-corrected chi connectivity index (χ1v) is 7.19. The molecule has 86 valence electrons. The third kappa shape index (κ3) is 8.89. The zero-order valence-electron chi connectivity index (χ0n) is 10.1. The minimum atomic E-state index is 0.506. The van der Waals surface area contributed by atoms with E-state index in [0.29, 0.717) is 6.10 Å². The summed E-state index contributed by atoms with van der Waals surface area (Å²) >= 11 is 2.09. The molecule has 0 rings (SSSR count). The van der Waals surface area contributed by atoms with E-state index in [9.17, 15) is 0 Å². The number of ether oxygens (including phenoxy) is 1. The van der Waals surface area contributed by atoms with Gasteiger partial charge in [0, 0.05) is 6.61 Å². The monoisotopic (exact) mass is 218 g/mol. The second-order valence-corrected chi connectivity index (χ2v) is 4.82. The average Bonchev–Trinajstić information content (AvgIpc) is 2.21. The Kier molecular flexibility index (Phi) is 11.6. The Morgan fingerprint density at radius 2 is 1.79 bits per heavy atom. The maximum Gasteiger partial charge on any atom is 0.0572 e. The van der Waals surface area contributed by atoms with Gasteiger partial charge in [-0.05, 0) is 44.1 Å². The lowest BCUT2D eigenvalue weighted by Gasteiger charge is -2.14. The van der Waals surface area contributed by atoms with Crippen LogP contribution in [0.2, 0.25) is 0 Å². The number of unbranched alkanes of at least 4 members (excludes halogenated alkanes) is 1. The van der Waals surface area contributed by atoms with Crippen LogP contribution in [0.25, 0.3) is 0 Å². The Bertz CT molecular complexity index is 106. The van der Waals surface area contributed by atoms with E-state index in [2.05, 4.69) is 32.5 Å². The van der Waals surface area contributed by atoms with Crippen molar-refractivity contribution in [1.29, 1.82) is 0 Å². The highest BCUT2D eigenvalue weighted by atomic mass is 32.2. The molecule has 0 aromatic rings. The van der Waals surface area contributed by atoms with Crippen LogP contribution < -0.4 is 0 Å². The molecule has 0 aliphatic heterocycles. The highest BCUT2D eigenvalue weighted by Gasteiger charge is 2.04. The molecule has 1 atom stereocenters. The Morgan fingerprint density at radius 1 is 1.07 bits per heavy atom. The summed E-state index contributed by atoms with van der Waals surface area (Å²) in [6, 6.07) is 0. The molecular formula is C12H26OS. The topological polar surface area (TPSA) is 9.23 Å². The molecule has 14 heavy (non-hydrogen) atoms. The lowest BCUT2D eigenvalue weighted by Crippen LogP contribution is -2.11. The molecule has 0 saturated heterocycles. The molecule has 0 aliphatic carbocycles. The van der Waals surface area contributed by atoms with E-state index in [1.165, 1.54) is 37.2 Å². The fourth-order valence-electron chi connectivity index (χ4n) is 1.40. The number of hydrogen-bond donors (Lipinski definition) is 0. The minimum Gasteiger partial charge on any atom is -0.379 e. The van der Waals surface area contributed by atoms with Gasteiger partial charge in [-0.25, -0.2) is 0 Å². The van der Waals surface area contributed by atoms with Crippen molar-refractivity contribution >= 4 is 11.8 Å². The summed E-state index contributed by atoms with van der Waals surface area (Å²) in [6.45, 7) is 7.41. The van der Waals surface area contributed by atoms with E-state index >= 15 is 0 Å². The summed E-state index contributed by atoms with van der Waals surface area (Å²) in [5.41, 5.74) is 0. The van der Waals surface area contributed by atoms with Crippen LogP contribution in [0.3, 0.4) is 0 Å². The Morgan fingerprint density at radius 3 is 2.36 bits per heavy atom. The third-order valence-corrected chi connectivity index (χ3v) is 3.47. The average molecular weight is 218 g/mol. The Hall–Kier alpha value is 0.310. The van der Waals surface area contributed by atoms with Crippen LogP contribution in [0.4, 0.5) is 0 Å². The van der Waals surface area contributed by atoms with Crippen LogP contribution in [0, 0.1) is 0 Å². The fraction of sp³-hybridized carbons (Fsp3) is 1.00. The predicted octanol–water partition coefficient (Wildman–Crippen LogP) is 4.12. The first-order valence-electron chi connectivity index (χ1n) is 6.04. The predicted molar refractivity (Wildman–Crippen MR) is 67.2 cm³/mol. The van der Waals surface area contributed by atoms with Crippen molar-refractivity contribution in [2.75, 3.05) is 18.1 Å². The third-order valence-electron chi connectivity index (χ3n) is 2.31. The van der Waals surface area contributed by atoms with Gasteiger partial charge in [0.1, 0.15) is 0 Å². The number of rotatable bonds is 10. The van der Waals surface area contributed by atoms with E-state index in [0.717, 1.165) is 13.0 Å². The second-order valence-electron chi connectivity index (χ2n) is 3.59. The molecule has 0 heterocycles. The Balaban J connectivity index is 3.15. The number of thioether (sulfide) groups is 1. The molecule has 0 aromatic heterocycles. The molecule has 0 saturated carbocycles. The summed E-state index contributed by atoms with van der Waals surface area (Å²) < 4.78 is 5.61. The van der Waals surface area contributed by atoms with E-state index < -0.39 is 0 Å². The molecule has 2 heteroatoms. The summed E-state index contributed by atoms with van der Waals surface area (Å²) in [4.78, 5) is 0. The van der Waals surface area contributed by atoms with Gasteiger partial charge in [0.25, 0.3) is 0 Å². The zero-order valence-corrected chi connectivity index (χ0v) is 10.9. The largest absolute Gasteiger partial charge is 0.379 e. The lowest BCUT2D eigenvalue weighted by molar-refractivity contribution is 0.0540. The lowest BCUT2D eigenvalue weighted by atomic mass is 10.2. The summed E-state index contributed by atoms with van der Waals surface area (Å²) in [5, 5.41) is 0. The van der Waals surface area contributed by atoms with E-state index in [4.69, 9.17) is 4.74 Å². The van der Waals surface area contributed by atoms with E-state index in [-0.39, 0.29) is 0 Å². The van der Waals surface area contributed by atoms with Crippen LogP contribution >= 0.6 is 11.8 Å². The summed E-state index contributed by atoms with van der Waals surface area (Å²) in [5.74, 6) is 2.64. The minimum absolute atomic E-state index is 0.506. The fourth-order valence-corrected chi connectivity index (χ4v) is 2.47. The van der Waals surface area contributed by atoms with E-state index in [1.807, 2.05) is 0 Å². The molecule has 1 nitrogen and oxygen atoms in total. The van der Waals surface area contributed by atoms with Gasteiger partial charge in [0.2, 0.25) is 0 Å². The van der Waals surface area contributed by atoms with Gasteiger partial charge in [-0.15, -0.1) is 0 Å². The molecule has 0 N–H and O–H groups in total. The normalized spacial score (nSPS) is 13.1. The van der Waals surface area contributed by atoms with Crippen molar-refractivity contribution in [1.82, 2.24) is 0 Å². The molecule has 0 aliphatic rings. The Labute approximate surface area is 94.0 Å². The number of hydrogen-bond acceptors (Lipinski definition) is 2. The smallest absolute Gasteiger partial charge is 0.0572 e. The first kappa shape index (κ1) is 14.3. The van der Waals surface area contributed by atoms with E-state index in [1.54, 1.807) is 0 Å². The molecule has 1 unspecified atom stereocenters. The van der Waals surface area contributed by atoms with Crippen molar-refractivity contribution in [3.8, 4) is 0 Å². The summed E-state index contributed by atoms with van der Waals surface area (Å²) in [7, 11) is 0. The standard InChI is InChI=1S/C12H26OS/c1-4-7-10-14-11-8-9-12(5-2)13-6-3/h12H,4-11H2,1-3H3. The second kappa shape index (κ2) is 11.4. The SMILES string of the molecule is CCCCSCCCC(CC)OCC.